The summed E-state index contributed by atoms with van der Waals surface area (Å²) in [6.07, 6.45) is 1.58. The van der Waals surface area contributed by atoms with Crippen LogP contribution in [0.1, 0.15) is 38.3 Å². The highest BCUT2D eigenvalue weighted by molar-refractivity contribution is 7.15. The topological polar surface area (TPSA) is 54.9 Å². The van der Waals surface area contributed by atoms with E-state index in [4.69, 9.17) is 0 Å². The molecule has 1 heterocycles. The Balaban J connectivity index is 1.99. The van der Waals surface area contributed by atoms with Crippen LogP contribution in [0.2, 0.25) is 0 Å². The summed E-state index contributed by atoms with van der Waals surface area (Å²) < 4.78 is 0. The lowest BCUT2D eigenvalue weighted by atomic mass is 9.85. The Morgan fingerprint density at radius 2 is 1.91 bits per heavy atom. The van der Waals surface area contributed by atoms with Gasteiger partial charge in [0.2, 0.25) is 11.0 Å². The van der Waals surface area contributed by atoms with Gasteiger partial charge in [-0.1, -0.05) is 69.4 Å². The molecule has 0 saturated carbocycles. The van der Waals surface area contributed by atoms with Crippen molar-refractivity contribution in [3.63, 3.8) is 0 Å². The number of carbonyl (C=O) groups excluding carboxylic acids is 1. The van der Waals surface area contributed by atoms with Gasteiger partial charge in [-0.25, -0.2) is 0 Å². The SMILES string of the molecule is CC(C)Cc1nnc(NC(=O)C(C)(C)Cc2ccccc2)s1. The molecule has 0 aliphatic rings. The highest BCUT2D eigenvalue weighted by atomic mass is 32.1. The molecule has 0 saturated heterocycles. The molecular weight excluding hydrogens is 294 g/mol. The van der Waals surface area contributed by atoms with Gasteiger partial charge in [-0.15, -0.1) is 10.2 Å². The summed E-state index contributed by atoms with van der Waals surface area (Å²) in [7, 11) is 0. The number of carbonyl (C=O) groups is 1. The van der Waals surface area contributed by atoms with Gasteiger partial charge in [0, 0.05) is 11.8 Å². The molecule has 2 aromatic rings. The van der Waals surface area contributed by atoms with Crippen LogP contribution in [0.3, 0.4) is 0 Å². The lowest BCUT2D eigenvalue weighted by Gasteiger charge is -2.22. The number of nitrogens with one attached hydrogen (secondary N) is 1. The number of amides is 1. The van der Waals surface area contributed by atoms with E-state index in [0.717, 1.165) is 17.0 Å². The molecule has 4 nitrogen and oxygen atoms in total. The summed E-state index contributed by atoms with van der Waals surface area (Å²) in [5.41, 5.74) is 0.658. The molecule has 118 valence electrons. The summed E-state index contributed by atoms with van der Waals surface area (Å²) in [6, 6.07) is 10.0. The molecule has 0 fully saturated rings. The highest BCUT2D eigenvalue weighted by Crippen LogP contribution is 2.25. The van der Waals surface area contributed by atoms with Crippen molar-refractivity contribution in [2.75, 3.05) is 5.32 Å². The highest BCUT2D eigenvalue weighted by Gasteiger charge is 2.28. The minimum atomic E-state index is -0.495. The van der Waals surface area contributed by atoms with Gasteiger partial charge in [0.15, 0.2) is 0 Å². The number of hydrogen-bond acceptors (Lipinski definition) is 4. The maximum atomic E-state index is 12.5. The third kappa shape index (κ3) is 4.63. The molecule has 0 spiro atoms. The van der Waals surface area contributed by atoms with E-state index in [2.05, 4.69) is 29.4 Å². The number of aromatic nitrogens is 2. The van der Waals surface area contributed by atoms with Crippen LogP contribution in [-0.4, -0.2) is 16.1 Å². The second-order valence-electron chi connectivity index (χ2n) is 6.60. The molecule has 0 aliphatic heterocycles. The van der Waals surface area contributed by atoms with Crippen molar-refractivity contribution in [2.24, 2.45) is 11.3 Å². The average molecular weight is 317 g/mol. The Labute approximate surface area is 136 Å². The summed E-state index contributed by atoms with van der Waals surface area (Å²) in [6.45, 7) is 8.18. The maximum absolute atomic E-state index is 12.5. The second-order valence-corrected chi connectivity index (χ2v) is 7.66. The lowest BCUT2D eigenvalue weighted by molar-refractivity contribution is -0.123. The van der Waals surface area contributed by atoms with E-state index in [1.54, 1.807) is 0 Å². The third-order valence-corrected chi connectivity index (χ3v) is 4.23. The van der Waals surface area contributed by atoms with Crippen molar-refractivity contribution in [3.05, 3.63) is 40.9 Å². The van der Waals surface area contributed by atoms with Crippen molar-refractivity contribution in [2.45, 2.75) is 40.5 Å². The Morgan fingerprint density at radius 1 is 1.23 bits per heavy atom. The number of rotatable bonds is 6. The second kappa shape index (κ2) is 7.01. The van der Waals surface area contributed by atoms with E-state index >= 15 is 0 Å². The first-order valence-corrected chi connectivity index (χ1v) is 8.36. The quantitative estimate of drug-likeness (QED) is 0.878. The van der Waals surface area contributed by atoms with Crippen molar-refractivity contribution < 1.29 is 4.79 Å². The molecule has 0 radical (unpaired) electrons. The largest absolute Gasteiger partial charge is 0.300 e. The van der Waals surface area contributed by atoms with Gasteiger partial charge in [-0.3, -0.25) is 4.79 Å². The standard InChI is InChI=1S/C17H23N3OS/c1-12(2)10-14-19-20-16(22-14)18-15(21)17(3,4)11-13-8-6-5-7-9-13/h5-9,12H,10-11H2,1-4H3,(H,18,20,21). The van der Waals surface area contributed by atoms with Crippen molar-refractivity contribution in [1.82, 2.24) is 10.2 Å². The molecule has 0 aliphatic carbocycles. The monoisotopic (exact) mass is 317 g/mol. The average Bonchev–Trinajstić information content (AvgIpc) is 2.85. The first-order chi connectivity index (χ1) is 10.4. The Kier molecular flexibility index (Phi) is 5.29. The van der Waals surface area contributed by atoms with E-state index in [1.807, 2.05) is 44.2 Å². The van der Waals surface area contributed by atoms with Crippen molar-refractivity contribution in [3.8, 4) is 0 Å². The Hall–Kier alpha value is -1.75. The van der Waals surface area contributed by atoms with Crippen LogP contribution < -0.4 is 5.32 Å². The van der Waals surface area contributed by atoms with Crippen LogP contribution in [0.5, 0.6) is 0 Å². The zero-order valence-corrected chi connectivity index (χ0v) is 14.4. The first kappa shape index (κ1) is 16.6. The maximum Gasteiger partial charge on any atom is 0.232 e. The van der Waals surface area contributed by atoms with Crippen LogP contribution >= 0.6 is 11.3 Å². The Bertz CT molecular complexity index is 620. The lowest BCUT2D eigenvalue weighted by Crippen LogP contribution is -2.32. The van der Waals surface area contributed by atoms with Gasteiger partial charge in [0.25, 0.3) is 0 Å². The van der Waals surface area contributed by atoms with E-state index < -0.39 is 5.41 Å². The third-order valence-electron chi connectivity index (χ3n) is 3.37. The van der Waals surface area contributed by atoms with Crippen LogP contribution in [0.15, 0.2) is 30.3 Å². The molecule has 1 aromatic carbocycles. The minimum absolute atomic E-state index is 0.0244. The van der Waals surface area contributed by atoms with Gasteiger partial charge in [-0.2, -0.15) is 0 Å². The van der Waals surface area contributed by atoms with Gasteiger partial charge in [-0.05, 0) is 17.9 Å². The number of hydrogen-bond donors (Lipinski definition) is 1. The van der Waals surface area contributed by atoms with Crippen LogP contribution in [0.4, 0.5) is 5.13 Å². The van der Waals surface area contributed by atoms with E-state index in [0.29, 0.717) is 17.5 Å². The zero-order chi connectivity index (χ0) is 16.2. The minimum Gasteiger partial charge on any atom is -0.300 e. The molecule has 22 heavy (non-hydrogen) atoms. The molecule has 0 atom stereocenters. The molecular formula is C17H23N3OS. The predicted octanol–water partition coefficient (Wildman–Crippen LogP) is 3.94. The smallest absolute Gasteiger partial charge is 0.232 e. The zero-order valence-electron chi connectivity index (χ0n) is 13.6. The Morgan fingerprint density at radius 3 is 2.55 bits per heavy atom. The van der Waals surface area contributed by atoms with Gasteiger partial charge < -0.3 is 5.32 Å². The molecule has 0 unspecified atom stereocenters. The fraction of sp³-hybridized carbons (Fsp3) is 0.471. The molecule has 1 N–H and O–H groups in total. The number of benzene rings is 1. The summed E-state index contributed by atoms with van der Waals surface area (Å²) in [5.74, 6) is 0.509. The van der Waals surface area contributed by atoms with Crippen LogP contribution in [-0.2, 0) is 17.6 Å². The van der Waals surface area contributed by atoms with Crippen LogP contribution in [0.25, 0.3) is 0 Å². The number of anilines is 1. The van der Waals surface area contributed by atoms with E-state index in [9.17, 15) is 4.79 Å². The fourth-order valence-electron chi connectivity index (χ4n) is 2.19. The van der Waals surface area contributed by atoms with Crippen LogP contribution in [0, 0.1) is 11.3 Å². The van der Waals surface area contributed by atoms with Gasteiger partial charge in [0.1, 0.15) is 5.01 Å². The molecule has 1 amide bonds. The molecule has 5 heteroatoms. The summed E-state index contributed by atoms with van der Waals surface area (Å²) in [5, 5.41) is 12.6. The summed E-state index contributed by atoms with van der Waals surface area (Å²) in [4.78, 5) is 12.5. The molecule has 2 rings (SSSR count). The molecule has 1 aromatic heterocycles. The number of nitrogens with zero attached hydrogens (tertiary/aromatic N) is 2. The van der Waals surface area contributed by atoms with Crippen molar-refractivity contribution >= 4 is 22.4 Å². The predicted molar refractivity (Wildman–Crippen MR) is 91.0 cm³/mol. The first-order valence-electron chi connectivity index (χ1n) is 7.54. The normalized spacial score (nSPS) is 11.7. The van der Waals surface area contributed by atoms with E-state index in [-0.39, 0.29) is 5.91 Å². The molecule has 0 bridgehead atoms. The summed E-state index contributed by atoms with van der Waals surface area (Å²) >= 11 is 1.46. The van der Waals surface area contributed by atoms with Crippen molar-refractivity contribution in [1.29, 1.82) is 0 Å². The fourth-order valence-corrected chi connectivity index (χ4v) is 3.14. The van der Waals surface area contributed by atoms with Gasteiger partial charge >= 0.3 is 0 Å². The van der Waals surface area contributed by atoms with E-state index in [1.165, 1.54) is 11.3 Å². The van der Waals surface area contributed by atoms with Gasteiger partial charge in [0.05, 0.1) is 0 Å².